The molecule has 106 valence electrons. The van der Waals surface area contributed by atoms with Crippen molar-refractivity contribution in [3.05, 3.63) is 55.8 Å². The van der Waals surface area contributed by atoms with E-state index in [2.05, 4.69) is 21.0 Å². The van der Waals surface area contributed by atoms with E-state index in [1.54, 1.807) is 28.3 Å². The zero-order chi connectivity index (χ0) is 15.0. The summed E-state index contributed by atoms with van der Waals surface area (Å²) in [5.41, 5.74) is 2.92. The highest BCUT2D eigenvalue weighted by atomic mass is 79.9. The van der Waals surface area contributed by atoms with Crippen molar-refractivity contribution in [2.24, 2.45) is 0 Å². The molecule has 0 aliphatic carbocycles. The van der Waals surface area contributed by atoms with E-state index in [9.17, 15) is 4.79 Å². The molecule has 0 saturated heterocycles. The molecule has 2 aromatic heterocycles. The van der Waals surface area contributed by atoms with E-state index in [4.69, 9.17) is 11.6 Å². The molecule has 21 heavy (non-hydrogen) atoms. The first-order chi connectivity index (χ1) is 10.1. The second-order valence-electron chi connectivity index (χ2n) is 4.47. The van der Waals surface area contributed by atoms with Crippen molar-refractivity contribution in [2.75, 3.05) is 0 Å². The van der Waals surface area contributed by atoms with Crippen molar-refractivity contribution in [3.63, 3.8) is 0 Å². The fourth-order valence-electron chi connectivity index (χ4n) is 2.12. The number of hydrogen-bond donors (Lipinski definition) is 0. The highest BCUT2D eigenvalue weighted by Crippen LogP contribution is 2.35. The molecule has 2 heterocycles. The van der Waals surface area contributed by atoms with E-state index < -0.39 is 0 Å². The number of thiophene rings is 1. The van der Waals surface area contributed by atoms with Crippen LogP contribution < -0.4 is 0 Å². The highest BCUT2D eigenvalue weighted by Gasteiger charge is 2.16. The number of carbonyl (C=O) groups is 1. The summed E-state index contributed by atoms with van der Waals surface area (Å²) in [7, 11) is 0. The molecule has 0 aliphatic rings. The average Bonchev–Trinajstić information content (AvgIpc) is 3.02. The van der Waals surface area contributed by atoms with Crippen LogP contribution >= 0.6 is 38.9 Å². The Hall–Kier alpha value is -1.43. The number of aldehydes is 1. The van der Waals surface area contributed by atoms with Gasteiger partial charge in [-0.1, -0.05) is 23.7 Å². The predicted octanol–water partition coefficient (Wildman–Crippen LogP) is 5.14. The van der Waals surface area contributed by atoms with Gasteiger partial charge in [-0.05, 0) is 41.1 Å². The quantitative estimate of drug-likeness (QED) is 0.589. The molecule has 0 amide bonds. The molecule has 0 saturated carbocycles. The van der Waals surface area contributed by atoms with Gasteiger partial charge in [-0.15, -0.1) is 11.3 Å². The Morgan fingerprint density at radius 3 is 2.76 bits per heavy atom. The summed E-state index contributed by atoms with van der Waals surface area (Å²) < 4.78 is 2.66. The lowest BCUT2D eigenvalue weighted by Crippen LogP contribution is -1.95. The SMILES string of the molecule is Cc1sc(Br)cc1-c1nn(-c2ccccc2Cl)cc1C=O. The van der Waals surface area contributed by atoms with Crippen molar-refractivity contribution in [1.29, 1.82) is 0 Å². The topological polar surface area (TPSA) is 34.9 Å². The maximum atomic E-state index is 11.4. The molecule has 0 atom stereocenters. The molecule has 0 bridgehead atoms. The summed E-state index contributed by atoms with van der Waals surface area (Å²) in [6.07, 6.45) is 2.52. The van der Waals surface area contributed by atoms with Gasteiger partial charge in [0, 0.05) is 16.6 Å². The van der Waals surface area contributed by atoms with Gasteiger partial charge in [0.15, 0.2) is 6.29 Å². The van der Waals surface area contributed by atoms with E-state index >= 15 is 0 Å². The Morgan fingerprint density at radius 2 is 2.14 bits per heavy atom. The van der Waals surface area contributed by atoms with Crippen molar-refractivity contribution in [3.8, 4) is 16.9 Å². The van der Waals surface area contributed by atoms with Crippen LogP contribution in [0.5, 0.6) is 0 Å². The van der Waals surface area contributed by atoms with E-state index in [0.717, 1.165) is 26.2 Å². The number of aromatic nitrogens is 2. The predicted molar refractivity (Wildman–Crippen MR) is 89.7 cm³/mol. The highest BCUT2D eigenvalue weighted by molar-refractivity contribution is 9.11. The van der Waals surface area contributed by atoms with Crippen molar-refractivity contribution in [1.82, 2.24) is 9.78 Å². The Balaban J connectivity index is 2.18. The minimum absolute atomic E-state index is 0.545. The Kier molecular flexibility index (Phi) is 3.97. The number of hydrogen-bond acceptors (Lipinski definition) is 3. The van der Waals surface area contributed by atoms with Gasteiger partial charge in [0.05, 0.1) is 20.1 Å². The Labute approximate surface area is 139 Å². The van der Waals surface area contributed by atoms with E-state index in [1.165, 1.54) is 0 Å². The maximum absolute atomic E-state index is 11.4. The third-order valence-corrected chi connectivity index (χ3v) is 4.98. The number of benzene rings is 1. The summed E-state index contributed by atoms with van der Waals surface area (Å²) in [6.45, 7) is 2.01. The van der Waals surface area contributed by atoms with Crippen LogP contribution in [0.2, 0.25) is 5.02 Å². The summed E-state index contributed by atoms with van der Waals surface area (Å²) in [4.78, 5) is 12.5. The van der Waals surface area contributed by atoms with Gasteiger partial charge in [-0.3, -0.25) is 4.79 Å². The molecule has 0 spiro atoms. The monoisotopic (exact) mass is 380 g/mol. The minimum Gasteiger partial charge on any atom is -0.298 e. The number of halogens is 2. The average molecular weight is 382 g/mol. The van der Waals surface area contributed by atoms with Crippen molar-refractivity contribution < 1.29 is 4.79 Å². The fraction of sp³-hybridized carbons (Fsp3) is 0.0667. The van der Waals surface area contributed by atoms with Crippen LogP contribution in [0.15, 0.2) is 40.3 Å². The third-order valence-electron chi connectivity index (χ3n) is 3.11. The van der Waals surface area contributed by atoms with Crippen LogP contribution in [0.3, 0.4) is 0 Å². The molecular formula is C15H10BrClN2OS. The summed E-state index contributed by atoms with van der Waals surface area (Å²) in [5, 5.41) is 5.13. The molecule has 0 aliphatic heterocycles. The van der Waals surface area contributed by atoms with E-state index in [-0.39, 0.29) is 0 Å². The fourth-order valence-corrected chi connectivity index (χ4v) is 4.04. The van der Waals surface area contributed by atoms with Crippen LogP contribution in [0, 0.1) is 6.92 Å². The summed E-state index contributed by atoms with van der Waals surface area (Å²) >= 11 is 11.3. The molecule has 0 fully saturated rings. The summed E-state index contributed by atoms with van der Waals surface area (Å²) in [5.74, 6) is 0. The van der Waals surface area contributed by atoms with Gasteiger partial charge in [0.2, 0.25) is 0 Å². The zero-order valence-corrected chi connectivity index (χ0v) is 14.2. The molecule has 6 heteroatoms. The van der Waals surface area contributed by atoms with Crippen LogP contribution in [-0.4, -0.2) is 16.1 Å². The largest absolute Gasteiger partial charge is 0.298 e. The van der Waals surface area contributed by atoms with Crippen LogP contribution in [0.1, 0.15) is 15.2 Å². The smallest absolute Gasteiger partial charge is 0.153 e. The number of rotatable bonds is 3. The first-order valence-electron chi connectivity index (χ1n) is 6.16. The number of para-hydroxylation sites is 1. The van der Waals surface area contributed by atoms with Gasteiger partial charge >= 0.3 is 0 Å². The maximum Gasteiger partial charge on any atom is 0.153 e. The normalized spacial score (nSPS) is 10.8. The molecule has 0 radical (unpaired) electrons. The molecule has 3 nitrogen and oxygen atoms in total. The lowest BCUT2D eigenvalue weighted by molar-refractivity contribution is 0.112. The molecule has 1 aromatic carbocycles. The van der Waals surface area contributed by atoms with Crippen LogP contribution in [0.25, 0.3) is 16.9 Å². The van der Waals surface area contributed by atoms with Gasteiger partial charge in [0.25, 0.3) is 0 Å². The minimum atomic E-state index is 0.545. The third kappa shape index (κ3) is 2.69. The second-order valence-corrected chi connectivity index (χ2v) is 7.51. The first kappa shape index (κ1) is 14.5. The molecule has 3 rings (SSSR count). The molecule has 3 aromatic rings. The van der Waals surface area contributed by atoms with E-state index in [0.29, 0.717) is 16.3 Å². The van der Waals surface area contributed by atoms with Crippen molar-refractivity contribution in [2.45, 2.75) is 6.92 Å². The van der Waals surface area contributed by atoms with Gasteiger partial charge in [-0.25, -0.2) is 4.68 Å². The molecule has 0 unspecified atom stereocenters. The van der Waals surface area contributed by atoms with Crippen LogP contribution in [0.4, 0.5) is 0 Å². The second kappa shape index (κ2) is 5.75. The lowest BCUT2D eigenvalue weighted by atomic mass is 10.1. The van der Waals surface area contributed by atoms with Gasteiger partial charge in [-0.2, -0.15) is 5.10 Å². The number of nitrogens with zero attached hydrogens (tertiary/aromatic N) is 2. The Bertz CT molecular complexity index is 825. The number of carbonyl (C=O) groups excluding carboxylic acids is 1. The Morgan fingerprint density at radius 1 is 1.38 bits per heavy atom. The molecular weight excluding hydrogens is 372 g/mol. The standard InChI is InChI=1S/C15H10BrClN2OS/c1-9-11(6-14(16)21-9)15-10(8-20)7-19(18-15)13-5-3-2-4-12(13)17/h2-8H,1H3. The zero-order valence-electron chi connectivity index (χ0n) is 11.0. The first-order valence-corrected chi connectivity index (χ1v) is 8.15. The van der Waals surface area contributed by atoms with Gasteiger partial charge in [0.1, 0.15) is 5.69 Å². The lowest BCUT2D eigenvalue weighted by Gasteiger charge is -2.03. The van der Waals surface area contributed by atoms with Crippen LogP contribution in [-0.2, 0) is 0 Å². The van der Waals surface area contributed by atoms with Crippen molar-refractivity contribution >= 4 is 45.2 Å². The van der Waals surface area contributed by atoms with E-state index in [1.807, 2.05) is 31.2 Å². The molecule has 0 N–H and O–H groups in total. The summed E-state index contributed by atoms with van der Waals surface area (Å²) in [6, 6.07) is 9.38. The van der Waals surface area contributed by atoms with Gasteiger partial charge < -0.3 is 0 Å². The number of aryl methyl sites for hydroxylation is 1.